The molecule has 1 aromatic carbocycles. The van der Waals surface area contributed by atoms with Gasteiger partial charge in [-0.3, -0.25) is 14.7 Å². The number of carbonyl (C=O) groups excluding carboxylic acids is 2. The van der Waals surface area contributed by atoms with Crippen molar-refractivity contribution in [2.24, 2.45) is 0 Å². The number of anilines is 1. The molecule has 2 aliphatic rings. The van der Waals surface area contributed by atoms with Crippen LogP contribution >= 0.6 is 12.4 Å². The highest BCUT2D eigenvalue weighted by Gasteiger charge is 2.22. The first-order valence-corrected chi connectivity index (χ1v) is 9.61. The van der Waals surface area contributed by atoms with Crippen molar-refractivity contribution in [3.63, 3.8) is 0 Å². The quantitative estimate of drug-likeness (QED) is 0.630. The van der Waals surface area contributed by atoms with Gasteiger partial charge in [-0.1, -0.05) is 12.8 Å². The van der Waals surface area contributed by atoms with Crippen LogP contribution in [0.4, 0.5) is 5.69 Å². The molecule has 0 unspecified atom stereocenters. The summed E-state index contributed by atoms with van der Waals surface area (Å²) in [4.78, 5) is 25.1. The van der Waals surface area contributed by atoms with Gasteiger partial charge in [0.05, 0.1) is 0 Å². The zero-order valence-corrected chi connectivity index (χ0v) is 16.7. The van der Waals surface area contributed by atoms with Crippen LogP contribution in [0.25, 0.3) is 0 Å². The number of hydrogen-bond donors (Lipinski definition) is 4. The maximum absolute atomic E-state index is 12.6. The van der Waals surface area contributed by atoms with E-state index in [1.54, 1.807) is 12.1 Å². The molecule has 0 saturated heterocycles. The SMILES string of the molecule is Cc1cc(C(=O)NC2CCCC2)ccc1NC(=O)c1n[nH]c2c1CNCC2.Cl. The van der Waals surface area contributed by atoms with Crippen LogP contribution in [0.5, 0.6) is 0 Å². The molecule has 1 aliphatic carbocycles. The Labute approximate surface area is 170 Å². The van der Waals surface area contributed by atoms with Crippen LogP contribution < -0.4 is 16.0 Å². The molecule has 8 heteroatoms. The lowest BCUT2D eigenvalue weighted by molar-refractivity contribution is 0.0937. The summed E-state index contributed by atoms with van der Waals surface area (Å²) in [6, 6.07) is 5.65. The number of fused-ring (bicyclic) bond motifs is 1. The summed E-state index contributed by atoms with van der Waals surface area (Å²) >= 11 is 0. The average molecular weight is 404 g/mol. The molecule has 1 aliphatic heterocycles. The van der Waals surface area contributed by atoms with E-state index in [2.05, 4.69) is 26.1 Å². The number of nitrogens with one attached hydrogen (secondary N) is 4. The highest BCUT2D eigenvalue weighted by atomic mass is 35.5. The molecular weight excluding hydrogens is 378 g/mol. The highest BCUT2D eigenvalue weighted by Crippen LogP contribution is 2.22. The lowest BCUT2D eigenvalue weighted by atomic mass is 10.1. The minimum Gasteiger partial charge on any atom is -0.349 e. The first-order valence-electron chi connectivity index (χ1n) is 9.61. The van der Waals surface area contributed by atoms with Crippen LogP contribution in [0, 0.1) is 6.92 Å². The van der Waals surface area contributed by atoms with E-state index in [1.165, 1.54) is 12.8 Å². The number of benzene rings is 1. The number of hydrogen-bond acceptors (Lipinski definition) is 4. The molecular formula is C20H26ClN5O2. The predicted molar refractivity (Wildman–Crippen MR) is 110 cm³/mol. The van der Waals surface area contributed by atoms with Crippen LogP contribution in [0.15, 0.2) is 18.2 Å². The fourth-order valence-corrected chi connectivity index (χ4v) is 3.88. The largest absolute Gasteiger partial charge is 0.349 e. The van der Waals surface area contributed by atoms with E-state index in [0.29, 0.717) is 23.5 Å². The van der Waals surface area contributed by atoms with Gasteiger partial charge in [0.25, 0.3) is 11.8 Å². The van der Waals surface area contributed by atoms with Gasteiger partial charge >= 0.3 is 0 Å². The van der Waals surface area contributed by atoms with Gasteiger partial charge in [0.2, 0.25) is 0 Å². The number of aromatic nitrogens is 2. The monoisotopic (exact) mass is 403 g/mol. The minimum atomic E-state index is -0.234. The lowest BCUT2D eigenvalue weighted by Crippen LogP contribution is -2.32. The van der Waals surface area contributed by atoms with Crippen LogP contribution in [0.1, 0.15) is 63.4 Å². The summed E-state index contributed by atoms with van der Waals surface area (Å²) < 4.78 is 0. The van der Waals surface area contributed by atoms with Crippen molar-refractivity contribution in [1.29, 1.82) is 0 Å². The maximum atomic E-state index is 12.6. The second-order valence-corrected chi connectivity index (χ2v) is 7.39. The highest BCUT2D eigenvalue weighted by molar-refractivity contribution is 6.05. The van der Waals surface area contributed by atoms with Crippen molar-refractivity contribution >= 4 is 29.9 Å². The van der Waals surface area contributed by atoms with E-state index in [4.69, 9.17) is 0 Å². The van der Waals surface area contributed by atoms with E-state index in [0.717, 1.165) is 42.6 Å². The van der Waals surface area contributed by atoms with Gasteiger partial charge in [0, 0.05) is 48.1 Å². The van der Waals surface area contributed by atoms with E-state index < -0.39 is 0 Å². The summed E-state index contributed by atoms with van der Waals surface area (Å²) in [5.41, 5.74) is 4.56. The standard InChI is InChI=1S/C20H25N5O2.ClH/c1-12-10-13(19(26)22-14-4-2-3-5-14)6-7-16(12)23-20(27)18-15-11-21-9-8-17(15)24-25-18;/h6-7,10,14,21H,2-5,8-9,11H2,1H3,(H,22,26)(H,23,27)(H,24,25);1H. The molecule has 150 valence electrons. The second-order valence-electron chi connectivity index (χ2n) is 7.39. The first kappa shape index (κ1) is 20.4. The molecule has 1 fully saturated rings. The first-order chi connectivity index (χ1) is 13.1. The van der Waals surface area contributed by atoms with E-state index in [9.17, 15) is 9.59 Å². The average Bonchev–Trinajstić information content (AvgIpc) is 3.32. The Morgan fingerprint density at radius 3 is 2.71 bits per heavy atom. The third-order valence-electron chi connectivity index (χ3n) is 5.45. The number of nitrogens with zero attached hydrogens (tertiary/aromatic N) is 1. The summed E-state index contributed by atoms with van der Waals surface area (Å²) in [6.45, 7) is 3.43. The Kier molecular flexibility index (Phi) is 6.36. The van der Waals surface area contributed by atoms with Gasteiger partial charge in [0.15, 0.2) is 5.69 Å². The molecule has 0 radical (unpaired) electrons. The predicted octanol–water partition coefficient (Wildman–Crippen LogP) is 2.71. The number of aryl methyl sites for hydroxylation is 1. The number of aromatic amines is 1. The van der Waals surface area contributed by atoms with Crippen molar-refractivity contribution in [3.8, 4) is 0 Å². The Balaban J connectivity index is 0.00000225. The zero-order valence-electron chi connectivity index (χ0n) is 15.9. The Hall–Kier alpha value is -2.38. The molecule has 4 rings (SSSR count). The van der Waals surface area contributed by atoms with Crippen LogP contribution in [0.3, 0.4) is 0 Å². The van der Waals surface area contributed by atoms with Gasteiger partial charge < -0.3 is 16.0 Å². The smallest absolute Gasteiger partial charge is 0.276 e. The second kappa shape index (κ2) is 8.75. The Bertz CT molecular complexity index is 873. The number of carbonyl (C=O) groups is 2. The number of H-pyrrole nitrogens is 1. The third kappa shape index (κ3) is 4.20. The number of amides is 2. The van der Waals surface area contributed by atoms with E-state index in [-0.39, 0.29) is 30.3 Å². The molecule has 1 aromatic heterocycles. The fourth-order valence-electron chi connectivity index (χ4n) is 3.88. The van der Waals surface area contributed by atoms with Gasteiger partial charge in [-0.25, -0.2) is 0 Å². The maximum Gasteiger partial charge on any atom is 0.276 e. The number of rotatable bonds is 4. The van der Waals surface area contributed by atoms with Gasteiger partial charge in [-0.2, -0.15) is 5.10 Å². The van der Waals surface area contributed by atoms with Crippen molar-refractivity contribution in [3.05, 3.63) is 46.3 Å². The summed E-state index contributed by atoms with van der Waals surface area (Å²) in [7, 11) is 0. The summed E-state index contributed by atoms with van der Waals surface area (Å²) in [5.74, 6) is -0.280. The molecule has 1 saturated carbocycles. The van der Waals surface area contributed by atoms with Gasteiger partial charge in [0.1, 0.15) is 0 Å². The van der Waals surface area contributed by atoms with E-state index >= 15 is 0 Å². The summed E-state index contributed by atoms with van der Waals surface area (Å²) in [5, 5.41) is 16.4. The van der Waals surface area contributed by atoms with Gasteiger partial charge in [-0.15, -0.1) is 12.4 Å². The molecule has 0 spiro atoms. The molecule has 2 heterocycles. The molecule has 4 N–H and O–H groups in total. The van der Waals surface area contributed by atoms with Gasteiger partial charge in [-0.05, 0) is 43.5 Å². The van der Waals surface area contributed by atoms with Crippen molar-refractivity contribution < 1.29 is 9.59 Å². The normalized spacial score (nSPS) is 16.2. The van der Waals surface area contributed by atoms with E-state index in [1.807, 2.05) is 13.0 Å². The molecule has 28 heavy (non-hydrogen) atoms. The van der Waals surface area contributed by atoms with Crippen molar-refractivity contribution in [2.75, 3.05) is 11.9 Å². The zero-order chi connectivity index (χ0) is 18.8. The van der Waals surface area contributed by atoms with Crippen molar-refractivity contribution in [2.45, 2.75) is 51.6 Å². The lowest BCUT2D eigenvalue weighted by Gasteiger charge is -2.14. The topological polar surface area (TPSA) is 98.9 Å². The molecule has 2 aromatic rings. The molecule has 0 atom stereocenters. The van der Waals surface area contributed by atoms with Crippen LogP contribution in [-0.2, 0) is 13.0 Å². The summed E-state index contributed by atoms with van der Waals surface area (Å²) in [6.07, 6.45) is 5.32. The van der Waals surface area contributed by atoms with Crippen molar-refractivity contribution in [1.82, 2.24) is 20.8 Å². The van der Waals surface area contributed by atoms with Crippen LogP contribution in [0.2, 0.25) is 0 Å². The molecule has 0 bridgehead atoms. The fraction of sp³-hybridized carbons (Fsp3) is 0.450. The Morgan fingerprint density at radius 1 is 1.18 bits per heavy atom. The minimum absolute atomic E-state index is 0. The molecule has 2 amide bonds. The third-order valence-corrected chi connectivity index (χ3v) is 5.45. The Morgan fingerprint density at radius 2 is 1.96 bits per heavy atom. The number of halogens is 1. The van der Waals surface area contributed by atoms with Crippen LogP contribution in [-0.4, -0.2) is 34.6 Å². The molecule has 7 nitrogen and oxygen atoms in total.